The first-order chi connectivity index (χ1) is 25.1. The van der Waals surface area contributed by atoms with Gasteiger partial charge in [0.1, 0.15) is 0 Å². The van der Waals surface area contributed by atoms with E-state index in [-0.39, 0.29) is 5.41 Å². The fourth-order valence-corrected chi connectivity index (χ4v) is 9.23. The molecule has 2 nitrogen and oxygen atoms in total. The van der Waals surface area contributed by atoms with Crippen LogP contribution in [-0.2, 0) is 5.41 Å². The summed E-state index contributed by atoms with van der Waals surface area (Å²) in [6.45, 7) is 2.36. The van der Waals surface area contributed by atoms with Crippen LogP contribution < -0.4 is 0 Å². The number of aromatic nitrogens is 2. The van der Waals surface area contributed by atoms with Crippen LogP contribution in [0.1, 0.15) is 23.6 Å². The summed E-state index contributed by atoms with van der Waals surface area (Å²) in [6, 6.07) is 63.2. The highest BCUT2D eigenvalue weighted by Gasteiger charge is 2.40. The van der Waals surface area contributed by atoms with Crippen LogP contribution in [0.3, 0.4) is 0 Å². The molecular formula is C48H32N2S. The lowest BCUT2D eigenvalue weighted by Crippen LogP contribution is -2.22. The van der Waals surface area contributed by atoms with Crippen LogP contribution in [-0.4, -0.2) is 9.97 Å². The van der Waals surface area contributed by atoms with Crippen molar-refractivity contribution >= 4 is 31.5 Å². The van der Waals surface area contributed by atoms with E-state index in [9.17, 15) is 0 Å². The largest absolute Gasteiger partial charge is 0.228 e. The molecule has 1 aliphatic rings. The smallest absolute Gasteiger partial charge is 0.160 e. The second kappa shape index (κ2) is 11.7. The summed E-state index contributed by atoms with van der Waals surface area (Å²) in [5.74, 6) is 0.719. The lowest BCUT2D eigenvalue weighted by Gasteiger charge is -2.28. The molecule has 0 amide bonds. The van der Waals surface area contributed by atoms with Crippen molar-refractivity contribution in [2.24, 2.45) is 0 Å². The molecule has 51 heavy (non-hydrogen) atoms. The highest BCUT2D eigenvalue weighted by atomic mass is 32.1. The van der Waals surface area contributed by atoms with Crippen molar-refractivity contribution in [3.8, 4) is 56.2 Å². The van der Waals surface area contributed by atoms with Crippen LogP contribution in [0, 0.1) is 0 Å². The predicted octanol–water partition coefficient (Wildman–Crippen LogP) is 12.8. The van der Waals surface area contributed by atoms with Crippen molar-refractivity contribution in [3.63, 3.8) is 0 Å². The van der Waals surface area contributed by atoms with Crippen molar-refractivity contribution in [2.45, 2.75) is 12.3 Å². The number of fused-ring (bicyclic) bond motifs is 6. The second-order valence-corrected chi connectivity index (χ2v) is 14.5. The van der Waals surface area contributed by atoms with Gasteiger partial charge in [-0.15, -0.1) is 11.3 Å². The molecule has 0 aliphatic heterocycles. The molecule has 0 radical (unpaired) electrons. The van der Waals surface area contributed by atoms with Gasteiger partial charge in [-0.25, -0.2) is 9.97 Å². The van der Waals surface area contributed by atoms with Gasteiger partial charge in [-0.2, -0.15) is 0 Å². The monoisotopic (exact) mass is 668 g/mol. The van der Waals surface area contributed by atoms with Crippen molar-refractivity contribution in [1.82, 2.24) is 9.97 Å². The SMILES string of the molecule is CC1(c2ccc(-c3cc(-c4ccc(-c5cccc6c5sc5ccccc56)cc4)nc(-c4ccccc4)n3)cc2)c2ccccc2-c2ccccc21. The summed E-state index contributed by atoms with van der Waals surface area (Å²) in [7, 11) is 0. The molecule has 0 bridgehead atoms. The first-order valence-electron chi connectivity index (χ1n) is 17.4. The quantitative estimate of drug-likeness (QED) is 0.182. The Morgan fingerprint density at radius 3 is 1.65 bits per heavy atom. The molecular weight excluding hydrogens is 637 g/mol. The Morgan fingerprint density at radius 2 is 0.961 bits per heavy atom. The standard InChI is InChI=1S/C48H32N2S/c1-48(41-19-8-5-14-37(41)38-15-6-9-20-42(38)48)35-28-26-33(27-29-35)44-30-43(49-47(50-44)34-12-3-2-4-13-34)32-24-22-31(23-25-32)36-17-11-18-40-39-16-7-10-21-45(39)51-46(36)40/h2-30H,1H3. The normalized spacial score (nSPS) is 13.0. The number of nitrogens with zero attached hydrogens (tertiary/aromatic N) is 2. The molecule has 7 aromatic carbocycles. The third-order valence-corrected chi connectivity index (χ3v) is 11.9. The number of thiophene rings is 1. The van der Waals surface area contributed by atoms with E-state index in [0.717, 1.165) is 33.9 Å². The van der Waals surface area contributed by atoms with E-state index in [0.29, 0.717) is 0 Å². The summed E-state index contributed by atoms with van der Waals surface area (Å²) in [6.07, 6.45) is 0. The Morgan fingerprint density at radius 1 is 0.431 bits per heavy atom. The van der Waals surface area contributed by atoms with E-state index in [2.05, 4.69) is 165 Å². The van der Waals surface area contributed by atoms with Crippen LogP contribution in [0.2, 0.25) is 0 Å². The molecule has 1 aliphatic carbocycles. The minimum Gasteiger partial charge on any atom is -0.228 e. The van der Waals surface area contributed by atoms with Crippen molar-refractivity contribution in [2.75, 3.05) is 0 Å². The van der Waals surface area contributed by atoms with Crippen LogP contribution in [0.25, 0.3) is 76.3 Å². The molecule has 0 atom stereocenters. The summed E-state index contributed by atoms with van der Waals surface area (Å²) in [5.41, 5.74) is 13.8. The molecule has 9 aromatic rings. The highest BCUT2D eigenvalue weighted by molar-refractivity contribution is 7.26. The molecule has 0 unspecified atom stereocenters. The molecule has 0 spiro atoms. The second-order valence-electron chi connectivity index (χ2n) is 13.5. The van der Waals surface area contributed by atoms with E-state index >= 15 is 0 Å². The van der Waals surface area contributed by atoms with Gasteiger partial charge in [-0.05, 0) is 58.0 Å². The maximum absolute atomic E-state index is 5.13. The summed E-state index contributed by atoms with van der Waals surface area (Å²) < 4.78 is 2.64. The fraction of sp³-hybridized carbons (Fsp3) is 0.0417. The van der Waals surface area contributed by atoms with Crippen LogP contribution in [0.4, 0.5) is 0 Å². The van der Waals surface area contributed by atoms with Crippen LogP contribution >= 0.6 is 11.3 Å². The number of benzene rings is 7. The van der Waals surface area contributed by atoms with E-state index in [1.54, 1.807) is 0 Å². The van der Waals surface area contributed by atoms with Gasteiger partial charge in [-0.3, -0.25) is 0 Å². The minimum absolute atomic E-state index is 0.236. The third kappa shape index (κ3) is 4.77. The fourth-order valence-electron chi connectivity index (χ4n) is 7.99. The first kappa shape index (κ1) is 29.7. The minimum atomic E-state index is -0.236. The Bertz CT molecular complexity index is 2700. The Hall–Kier alpha value is -6.16. The number of rotatable bonds is 5. The maximum Gasteiger partial charge on any atom is 0.160 e. The van der Waals surface area contributed by atoms with E-state index in [4.69, 9.17) is 9.97 Å². The average molecular weight is 669 g/mol. The van der Waals surface area contributed by atoms with Gasteiger partial charge in [-0.1, -0.05) is 164 Å². The van der Waals surface area contributed by atoms with Crippen LogP contribution in [0.15, 0.2) is 176 Å². The molecule has 3 heteroatoms. The predicted molar refractivity (Wildman–Crippen MR) is 214 cm³/mol. The van der Waals surface area contributed by atoms with E-state index in [1.165, 1.54) is 59.1 Å². The van der Waals surface area contributed by atoms with Gasteiger partial charge in [0.25, 0.3) is 0 Å². The maximum atomic E-state index is 5.13. The average Bonchev–Trinajstić information content (AvgIpc) is 3.72. The zero-order chi connectivity index (χ0) is 33.9. The number of hydrogen-bond acceptors (Lipinski definition) is 3. The number of hydrogen-bond donors (Lipinski definition) is 0. The molecule has 10 rings (SSSR count). The van der Waals surface area contributed by atoms with Gasteiger partial charge >= 0.3 is 0 Å². The van der Waals surface area contributed by atoms with Crippen molar-refractivity contribution in [1.29, 1.82) is 0 Å². The lowest BCUT2D eigenvalue weighted by atomic mass is 9.74. The summed E-state index contributed by atoms with van der Waals surface area (Å²) in [5, 5.41) is 2.63. The summed E-state index contributed by atoms with van der Waals surface area (Å²) >= 11 is 1.86. The van der Waals surface area contributed by atoms with Crippen LogP contribution in [0.5, 0.6) is 0 Å². The Kier molecular flexibility index (Phi) is 6.83. The zero-order valence-corrected chi connectivity index (χ0v) is 28.9. The zero-order valence-electron chi connectivity index (χ0n) is 28.0. The van der Waals surface area contributed by atoms with Crippen molar-refractivity contribution < 1.29 is 0 Å². The Balaban J connectivity index is 1.05. The molecule has 0 saturated heterocycles. The molecule has 0 saturated carbocycles. The molecule has 240 valence electrons. The molecule has 2 aromatic heterocycles. The van der Waals surface area contributed by atoms with Gasteiger partial charge in [0.2, 0.25) is 0 Å². The molecule has 0 fully saturated rings. The lowest BCUT2D eigenvalue weighted by molar-refractivity contribution is 0.714. The van der Waals surface area contributed by atoms with Crippen molar-refractivity contribution in [3.05, 3.63) is 193 Å². The van der Waals surface area contributed by atoms with Gasteiger partial charge in [0, 0.05) is 42.3 Å². The molecule has 0 N–H and O–H groups in total. The first-order valence-corrected chi connectivity index (χ1v) is 18.2. The van der Waals surface area contributed by atoms with E-state index < -0.39 is 0 Å². The summed E-state index contributed by atoms with van der Waals surface area (Å²) in [4.78, 5) is 10.2. The van der Waals surface area contributed by atoms with Gasteiger partial charge in [0.15, 0.2) is 5.82 Å². The van der Waals surface area contributed by atoms with Gasteiger partial charge in [0.05, 0.1) is 11.4 Å². The third-order valence-electron chi connectivity index (χ3n) is 10.6. The van der Waals surface area contributed by atoms with E-state index in [1.807, 2.05) is 29.5 Å². The topological polar surface area (TPSA) is 25.8 Å². The highest BCUT2D eigenvalue weighted by Crippen LogP contribution is 2.52. The Labute approximate surface area is 301 Å². The van der Waals surface area contributed by atoms with Gasteiger partial charge < -0.3 is 0 Å². The molecule has 2 heterocycles.